The highest BCUT2D eigenvalue weighted by atomic mass is 35.5. The molecule has 3 heteroatoms. The number of alkyl halides is 1. The summed E-state index contributed by atoms with van der Waals surface area (Å²) in [5.74, 6) is 1.92. The van der Waals surface area contributed by atoms with Gasteiger partial charge in [0.05, 0.1) is 11.6 Å². The largest absolute Gasteiger partial charge is 0.448 e. The maximum absolute atomic E-state index is 5.54. The quantitative estimate of drug-likeness (QED) is 0.616. The van der Waals surface area contributed by atoms with Gasteiger partial charge >= 0.3 is 0 Å². The third-order valence-electron chi connectivity index (χ3n) is 1.63. The van der Waals surface area contributed by atoms with E-state index in [4.69, 9.17) is 16.0 Å². The van der Waals surface area contributed by atoms with Crippen molar-refractivity contribution in [2.75, 3.05) is 0 Å². The molecule has 2 rings (SSSR count). The molecule has 1 saturated carbocycles. The van der Waals surface area contributed by atoms with Gasteiger partial charge in [0, 0.05) is 5.92 Å². The van der Waals surface area contributed by atoms with Crippen molar-refractivity contribution in [3.63, 3.8) is 0 Å². The molecule has 1 heterocycles. The molecule has 0 spiro atoms. The van der Waals surface area contributed by atoms with E-state index in [1.165, 1.54) is 12.8 Å². The van der Waals surface area contributed by atoms with Gasteiger partial charge in [0.1, 0.15) is 6.26 Å². The predicted octanol–water partition coefficient (Wildman–Crippen LogP) is 2.29. The van der Waals surface area contributed by atoms with Crippen molar-refractivity contribution in [2.45, 2.75) is 24.6 Å². The van der Waals surface area contributed by atoms with Gasteiger partial charge in [-0.05, 0) is 12.8 Å². The topological polar surface area (TPSA) is 26.0 Å². The maximum atomic E-state index is 5.54. The lowest BCUT2D eigenvalue weighted by molar-refractivity contribution is 0.497. The second-order valence-corrected chi connectivity index (χ2v) is 2.85. The van der Waals surface area contributed by atoms with Crippen LogP contribution in [0.2, 0.25) is 0 Å². The van der Waals surface area contributed by atoms with E-state index in [2.05, 4.69) is 4.98 Å². The Morgan fingerprint density at radius 1 is 1.70 bits per heavy atom. The summed E-state index contributed by atoms with van der Waals surface area (Å²) in [6.45, 7) is 0. The molecule has 54 valence electrons. The molecule has 1 fully saturated rings. The monoisotopic (exact) mass is 157 g/mol. The molecule has 0 atom stereocenters. The molecule has 1 aromatic rings. The Morgan fingerprint density at radius 2 is 2.50 bits per heavy atom. The van der Waals surface area contributed by atoms with E-state index in [1.807, 2.05) is 0 Å². The number of nitrogens with zero attached hydrogens (tertiary/aromatic N) is 1. The summed E-state index contributed by atoms with van der Waals surface area (Å²) in [6, 6.07) is 0. The Kier molecular flexibility index (Phi) is 1.42. The van der Waals surface area contributed by atoms with Crippen molar-refractivity contribution in [2.24, 2.45) is 0 Å². The molecule has 0 bridgehead atoms. The SMILES string of the molecule is ClCc1coc(C2CC2)n1. The van der Waals surface area contributed by atoms with E-state index in [0.717, 1.165) is 11.6 Å². The van der Waals surface area contributed by atoms with Crippen LogP contribution in [-0.2, 0) is 5.88 Å². The summed E-state index contributed by atoms with van der Waals surface area (Å²) in [5.41, 5.74) is 0.851. The first kappa shape index (κ1) is 6.23. The van der Waals surface area contributed by atoms with Gasteiger partial charge in [-0.2, -0.15) is 0 Å². The summed E-state index contributed by atoms with van der Waals surface area (Å²) in [6.07, 6.45) is 4.09. The summed E-state index contributed by atoms with van der Waals surface area (Å²) in [4.78, 5) is 4.19. The minimum atomic E-state index is 0.455. The Bertz CT molecular complexity index is 229. The van der Waals surface area contributed by atoms with Gasteiger partial charge in [-0.1, -0.05) is 0 Å². The molecule has 2 nitrogen and oxygen atoms in total. The zero-order chi connectivity index (χ0) is 6.97. The van der Waals surface area contributed by atoms with Gasteiger partial charge < -0.3 is 4.42 Å². The van der Waals surface area contributed by atoms with Crippen LogP contribution >= 0.6 is 11.6 Å². The molecule has 1 aliphatic carbocycles. The van der Waals surface area contributed by atoms with Crippen molar-refractivity contribution in [3.05, 3.63) is 17.8 Å². The van der Waals surface area contributed by atoms with E-state index in [1.54, 1.807) is 6.26 Å². The van der Waals surface area contributed by atoms with Crippen LogP contribution in [0.25, 0.3) is 0 Å². The van der Waals surface area contributed by atoms with Gasteiger partial charge in [0.2, 0.25) is 0 Å². The Hall–Kier alpha value is -0.500. The fourth-order valence-electron chi connectivity index (χ4n) is 0.902. The summed E-state index contributed by atoms with van der Waals surface area (Å²) in [5, 5.41) is 0. The molecule has 0 aromatic carbocycles. The fourth-order valence-corrected chi connectivity index (χ4v) is 1.02. The van der Waals surface area contributed by atoms with Crippen LogP contribution in [0.5, 0.6) is 0 Å². The van der Waals surface area contributed by atoms with Crippen LogP contribution in [0.4, 0.5) is 0 Å². The van der Waals surface area contributed by atoms with Crippen LogP contribution in [0.15, 0.2) is 10.7 Å². The second-order valence-electron chi connectivity index (χ2n) is 2.58. The second kappa shape index (κ2) is 2.27. The zero-order valence-corrected chi connectivity index (χ0v) is 6.27. The van der Waals surface area contributed by atoms with Crippen molar-refractivity contribution < 1.29 is 4.42 Å². The maximum Gasteiger partial charge on any atom is 0.197 e. The van der Waals surface area contributed by atoms with Crippen LogP contribution in [-0.4, -0.2) is 4.98 Å². The van der Waals surface area contributed by atoms with Crippen molar-refractivity contribution in [1.29, 1.82) is 0 Å². The fraction of sp³-hybridized carbons (Fsp3) is 0.571. The van der Waals surface area contributed by atoms with Crippen LogP contribution in [0, 0.1) is 0 Å². The number of rotatable bonds is 2. The highest BCUT2D eigenvalue weighted by Gasteiger charge is 2.28. The molecule has 0 amide bonds. The Balaban J connectivity index is 2.19. The van der Waals surface area contributed by atoms with E-state index < -0.39 is 0 Å². The molecular weight excluding hydrogens is 150 g/mol. The van der Waals surface area contributed by atoms with E-state index in [0.29, 0.717) is 11.8 Å². The lowest BCUT2D eigenvalue weighted by atomic mass is 10.4. The number of oxazole rings is 1. The zero-order valence-electron chi connectivity index (χ0n) is 5.51. The van der Waals surface area contributed by atoms with Crippen LogP contribution in [0.1, 0.15) is 30.3 Å². The molecular formula is C7H8ClNO. The van der Waals surface area contributed by atoms with Gasteiger partial charge in [-0.15, -0.1) is 11.6 Å². The number of halogens is 1. The minimum Gasteiger partial charge on any atom is -0.448 e. The first-order chi connectivity index (χ1) is 4.90. The summed E-state index contributed by atoms with van der Waals surface area (Å²) < 4.78 is 5.18. The van der Waals surface area contributed by atoms with Crippen molar-refractivity contribution in [1.82, 2.24) is 4.98 Å². The van der Waals surface area contributed by atoms with Gasteiger partial charge in [-0.3, -0.25) is 0 Å². The van der Waals surface area contributed by atoms with Gasteiger partial charge in [-0.25, -0.2) is 4.98 Å². The van der Waals surface area contributed by atoms with E-state index >= 15 is 0 Å². The van der Waals surface area contributed by atoms with E-state index in [-0.39, 0.29) is 0 Å². The summed E-state index contributed by atoms with van der Waals surface area (Å²) in [7, 11) is 0. The van der Waals surface area contributed by atoms with Gasteiger partial charge in [0.25, 0.3) is 0 Å². The van der Waals surface area contributed by atoms with Gasteiger partial charge in [0.15, 0.2) is 5.89 Å². The molecule has 0 radical (unpaired) electrons. The predicted molar refractivity (Wildman–Crippen MR) is 38.0 cm³/mol. The lowest BCUT2D eigenvalue weighted by Gasteiger charge is -1.82. The van der Waals surface area contributed by atoms with Crippen molar-refractivity contribution >= 4 is 11.6 Å². The number of hydrogen-bond acceptors (Lipinski definition) is 2. The number of aromatic nitrogens is 1. The van der Waals surface area contributed by atoms with Crippen LogP contribution < -0.4 is 0 Å². The summed E-state index contributed by atoms with van der Waals surface area (Å²) >= 11 is 5.54. The lowest BCUT2D eigenvalue weighted by Crippen LogP contribution is -1.79. The first-order valence-corrected chi connectivity index (χ1v) is 3.94. The average molecular weight is 158 g/mol. The standard InChI is InChI=1S/C7H8ClNO/c8-3-6-4-10-7(9-6)5-1-2-5/h4-5H,1-3H2. The molecule has 1 aromatic heterocycles. The Morgan fingerprint density at radius 3 is 3.00 bits per heavy atom. The molecule has 0 N–H and O–H groups in total. The smallest absolute Gasteiger partial charge is 0.197 e. The average Bonchev–Trinajstić information content (AvgIpc) is 2.70. The molecule has 1 aliphatic rings. The molecule has 0 unspecified atom stereocenters. The third kappa shape index (κ3) is 1.03. The number of hydrogen-bond donors (Lipinski definition) is 0. The normalized spacial score (nSPS) is 17.7. The molecule has 10 heavy (non-hydrogen) atoms. The molecule has 0 saturated heterocycles. The van der Waals surface area contributed by atoms with Crippen molar-refractivity contribution in [3.8, 4) is 0 Å². The first-order valence-electron chi connectivity index (χ1n) is 3.40. The Labute approximate surface area is 64.2 Å². The minimum absolute atomic E-state index is 0.455. The van der Waals surface area contributed by atoms with E-state index in [9.17, 15) is 0 Å². The highest BCUT2D eigenvalue weighted by molar-refractivity contribution is 6.16. The molecule has 0 aliphatic heterocycles. The van der Waals surface area contributed by atoms with Crippen LogP contribution in [0.3, 0.4) is 0 Å². The third-order valence-corrected chi connectivity index (χ3v) is 1.91. The highest BCUT2D eigenvalue weighted by Crippen LogP contribution is 2.39.